The zero-order valence-corrected chi connectivity index (χ0v) is 22.0. The highest BCUT2D eigenvalue weighted by molar-refractivity contribution is 5.96. The first-order chi connectivity index (χ1) is 18.8. The van der Waals surface area contributed by atoms with Gasteiger partial charge in [0.2, 0.25) is 11.7 Å². The van der Waals surface area contributed by atoms with Gasteiger partial charge in [-0.25, -0.2) is 9.78 Å². The van der Waals surface area contributed by atoms with Crippen LogP contribution in [0.5, 0.6) is 0 Å². The van der Waals surface area contributed by atoms with E-state index in [1.165, 1.54) is 18.1 Å². The van der Waals surface area contributed by atoms with Gasteiger partial charge in [0.05, 0.1) is 11.9 Å². The molecule has 4 aromatic rings. The lowest BCUT2D eigenvalue weighted by Crippen LogP contribution is -2.44. The maximum absolute atomic E-state index is 13.1. The number of nitrogens with zero attached hydrogens (tertiary/aromatic N) is 3. The van der Waals surface area contributed by atoms with Crippen molar-refractivity contribution in [2.24, 2.45) is 0 Å². The van der Waals surface area contributed by atoms with Crippen LogP contribution in [0.2, 0.25) is 0 Å². The van der Waals surface area contributed by atoms with E-state index < -0.39 is 17.9 Å². The fourth-order valence-electron chi connectivity index (χ4n) is 4.21. The molecule has 4 rings (SSSR count). The first-order valence-corrected chi connectivity index (χ1v) is 12.8. The van der Waals surface area contributed by atoms with E-state index >= 15 is 0 Å². The molecule has 1 atom stereocenters. The molecular formula is C29H31N5O5. The first kappa shape index (κ1) is 27.3. The molecule has 10 heteroatoms. The van der Waals surface area contributed by atoms with E-state index in [1.807, 2.05) is 50.2 Å². The number of rotatable bonds is 11. The Kier molecular flexibility index (Phi) is 8.55. The maximum atomic E-state index is 13.1. The van der Waals surface area contributed by atoms with Gasteiger partial charge in [-0.05, 0) is 36.6 Å². The zero-order valence-electron chi connectivity index (χ0n) is 22.0. The molecule has 0 spiro atoms. The fourth-order valence-corrected chi connectivity index (χ4v) is 4.21. The minimum atomic E-state index is -1.10. The zero-order chi connectivity index (χ0) is 27.9. The standard InChI is InChI=1S/C29H31N5O5/c1-4-21(5-2)31-26(35)25-17-30-27(39-25)20-13-9-12-19(15-20)22-16-23(33-32-22)28(36)34(3)24(29(37)38)14-18-10-7-6-8-11-18/h6-13,15-17,21,24H,4-5,14H2,1-3H3,(H,31,35)(H,32,33)(H,37,38)/t24-/m0/s1. The van der Waals surface area contributed by atoms with Crippen LogP contribution in [0, 0.1) is 0 Å². The van der Waals surface area contributed by atoms with Crippen molar-refractivity contribution in [2.45, 2.75) is 45.2 Å². The lowest BCUT2D eigenvalue weighted by molar-refractivity contribution is -0.141. The number of hydrogen-bond acceptors (Lipinski definition) is 6. The summed E-state index contributed by atoms with van der Waals surface area (Å²) >= 11 is 0. The predicted molar refractivity (Wildman–Crippen MR) is 145 cm³/mol. The summed E-state index contributed by atoms with van der Waals surface area (Å²) in [4.78, 5) is 43.0. The van der Waals surface area contributed by atoms with E-state index in [1.54, 1.807) is 24.3 Å². The molecule has 0 fully saturated rings. The molecule has 3 N–H and O–H groups in total. The fraction of sp³-hybridized carbons (Fsp3) is 0.276. The summed E-state index contributed by atoms with van der Waals surface area (Å²) < 4.78 is 5.72. The normalized spacial score (nSPS) is 11.8. The van der Waals surface area contributed by atoms with Gasteiger partial charge in [-0.2, -0.15) is 5.10 Å². The Hall–Kier alpha value is -4.73. The Balaban J connectivity index is 1.50. The van der Waals surface area contributed by atoms with Crippen LogP contribution < -0.4 is 5.32 Å². The second kappa shape index (κ2) is 12.2. The topological polar surface area (TPSA) is 141 Å². The summed E-state index contributed by atoms with van der Waals surface area (Å²) in [5.74, 6) is -1.50. The highest BCUT2D eigenvalue weighted by Crippen LogP contribution is 2.26. The van der Waals surface area contributed by atoms with Crippen LogP contribution in [0.1, 0.15) is 53.3 Å². The van der Waals surface area contributed by atoms with Crippen molar-refractivity contribution < 1.29 is 23.9 Å². The van der Waals surface area contributed by atoms with E-state index in [9.17, 15) is 19.5 Å². The summed E-state index contributed by atoms with van der Waals surface area (Å²) in [6.07, 6.45) is 3.21. The van der Waals surface area contributed by atoms with E-state index in [-0.39, 0.29) is 35.7 Å². The van der Waals surface area contributed by atoms with Gasteiger partial charge in [0.25, 0.3) is 11.8 Å². The molecule has 2 aromatic carbocycles. The van der Waals surface area contributed by atoms with Crippen molar-refractivity contribution in [3.8, 4) is 22.7 Å². The van der Waals surface area contributed by atoms with E-state index in [0.717, 1.165) is 18.4 Å². The van der Waals surface area contributed by atoms with E-state index in [4.69, 9.17) is 4.42 Å². The molecular weight excluding hydrogens is 498 g/mol. The number of H-pyrrole nitrogens is 1. The minimum absolute atomic E-state index is 0.0640. The van der Waals surface area contributed by atoms with Crippen LogP contribution in [0.15, 0.2) is 71.3 Å². The number of carbonyl (C=O) groups is 3. The summed E-state index contributed by atoms with van der Waals surface area (Å²) in [6.45, 7) is 4.01. The summed E-state index contributed by atoms with van der Waals surface area (Å²) in [5.41, 5.74) is 2.78. The molecule has 2 amide bonds. The SMILES string of the molecule is CCC(CC)NC(=O)c1cnc(-c2cccc(-c3cc(C(=O)N(C)[C@@H](Cc4ccccc4)C(=O)O)[nH]n3)c2)o1. The van der Waals surface area contributed by atoms with E-state index in [0.29, 0.717) is 16.8 Å². The number of aliphatic carboxylic acids is 1. The number of carbonyl (C=O) groups excluding carboxylic acids is 2. The monoisotopic (exact) mass is 529 g/mol. The Morgan fingerprint density at radius 1 is 1.03 bits per heavy atom. The van der Waals surface area contributed by atoms with Gasteiger partial charge in [0.15, 0.2) is 0 Å². The summed E-state index contributed by atoms with van der Waals surface area (Å²) in [6, 6.07) is 16.9. The molecule has 0 aliphatic heterocycles. The Morgan fingerprint density at radius 2 is 1.74 bits per heavy atom. The number of amides is 2. The molecule has 0 saturated heterocycles. The summed E-state index contributed by atoms with van der Waals surface area (Å²) in [7, 11) is 1.46. The number of likely N-dealkylation sites (N-methyl/N-ethyl adjacent to an activating group) is 1. The van der Waals surface area contributed by atoms with Gasteiger partial charge in [-0.15, -0.1) is 0 Å². The highest BCUT2D eigenvalue weighted by Gasteiger charge is 2.28. The predicted octanol–water partition coefficient (Wildman–Crippen LogP) is 4.42. The van der Waals surface area contributed by atoms with E-state index in [2.05, 4.69) is 20.5 Å². The van der Waals surface area contributed by atoms with Crippen LogP contribution in [0.4, 0.5) is 0 Å². The lowest BCUT2D eigenvalue weighted by Gasteiger charge is -2.24. The molecule has 0 aliphatic carbocycles. The number of benzene rings is 2. The van der Waals surface area contributed by atoms with Gasteiger partial charge in [-0.3, -0.25) is 14.7 Å². The number of aromatic nitrogens is 3. The number of carboxylic acids is 1. The van der Waals surface area contributed by atoms with Gasteiger partial charge in [0, 0.05) is 30.6 Å². The van der Waals surface area contributed by atoms with Crippen molar-refractivity contribution >= 4 is 17.8 Å². The molecule has 10 nitrogen and oxygen atoms in total. The number of hydrogen-bond donors (Lipinski definition) is 3. The third-order valence-electron chi connectivity index (χ3n) is 6.61. The molecule has 2 aromatic heterocycles. The Bertz CT molecular complexity index is 1440. The van der Waals surface area contributed by atoms with Crippen molar-refractivity contribution in [1.29, 1.82) is 0 Å². The van der Waals surface area contributed by atoms with Crippen LogP contribution in [-0.4, -0.2) is 62.1 Å². The van der Waals surface area contributed by atoms with Crippen molar-refractivity contribution in [3.05, 3.63) is 83.9 Å². The quantitative estimate of drug-likeness (QED) is 0.261. The van der Waals surface area contributed by atoms with Gasteiger partial charge < -0.3 is 19.7 Å². The Morgan fingerprint density at radius 3 is 2.44 bits per heavy atom. The minimum Gasteiger partial charge on any atom is -0.480 e. The molecule has 39 heavy (non-hydrogen) atoms. The molecule has 0 unspecified atom stereocenters. The highest BCUT2D eigenvalue weighted by atomic mass is 16.4. The average molecular weight is 530 g/mol. The summed E-state index contributed by atoms with van der Waals surface area (Å²) in [5, 5.41) is 19.7. The van der Waals surface area contributed by atoms with Gasteiger partial charge >= 0.3 is 5.97 Å². The van der Waals surface area contributed by atoms with Crippen LogP contribution in [0.25, 0.3) is 22.7 Å². The Labute approximate surface area is 226 Å². The third kappa shape index (κ3) is 6.40. The first-order valence-electron chi connectivity index (χ1n) is 12.8. The molecule has 0 radical (unpaired) electrons. The van der Waals surface area contributed by atoms with Gasteiger partial charge in [-0.1, -0.05) is 56.3 Å². The van der Waals surface area contributed by atoms with Crippen LogP contribution in [-0.2, 0) is 11.2 Å². The average Bonchev–Trinajstić information content (AvgIpc) is 3.65. The maximum Gasteiger partial charge on any atom is 0.326 e. The second-order valence-corrected chi connectivity index (χ2v) is 9.22. The number of oxazole rings is 1. The van der Waals surface area contributed by atoms with Crippen LogP contribution in [0.3, 0.4) is 0 Å². The molecule has 0 bridgehead atoms. The largest absolute Gasteiger partial charge is 0.480 e. The second-order valence-electron chi connectivity index (χ2n) is 9.22. The smallest absolute Gasteiger partial charge is 0.326 e. The molecule has 2 heterocycles. The van der Waals surface area contributed by atoms with Crippen LogP contribution >= 0.6 is 0 Å². The molecule has 202 valence electrons. The number of aromatic amines is 1. The third-order valence-corrected chi connectivity index (χ3v) is 6.61. The molecule has 0 aliphatic rings. The van der Waals surface area contributed by atoms with Gasteiger partial charge in [0.1, 0.15) is 11.7 Å². The number of nitrogens with one attached hydrogen (secondary N) is 2. The van der Waals surface area contributed by atoms with Crippen molar-refractivity contribution in [2.75, 3.05) is 7.05 Å². The van der Waals surface area contributed by atoms with Crippen molar-refractivity contribution in [1.82, 2.24) is 25.4 Å². The lowest BCUT2D eigenvalue weighted by atomic mass is 10.0. The number of carboxylic acid groups (broad SMARTS) is 1. The van der Waals surface area contributed by atoms with Crippen molar-refractivity contribution in [3.63, 3.8) is 0 Å². The molecule has 0 saturated carbocycles.